The maximum atomic E-state index is 3.18. The highest BCUT2D eigenvalue weighted by atomic mass is 13.8. The highest BCUT2D eigenvalue weighted by molar-refractivity contribution is 5.05. The van der Waals surface area contributed by atoms with Crippen LogP contribution >= 0.6 is 0 Å². The Bertz CT molecular complexity index is 138. The summed E-state index contributed by atoms with van der Waals surface area (Å²) in [5.41, 5.74) is 0. The van der Waals surface area contributed by atoms with Gasteiger partial charge in [0.25, 0.3) is 0 Å². The van der Waals surface area contributed by atoms with Gasteiger partial charge in [-0.1, -0.05) is 30.4 Å². The second-order valence-electron chi connectivity index (χ2n) is 2.05. The summed E-state index contributed by atoms with van der Waals surface area (Å²) in [7, 11) is 0. The van der Waals surface area contributed by atoms with Gasteiger partial charge in [-0.05, 0) is 25.3 Å². The van der Waals surface area contributed by atoms with E-state index in [1.807, 2.05) is 0 Å². The van der Waals surface area contributed by atoms with Crippen LogP contribution in [0.4, 0.5) is 0 Å². The Morgan fingerprint density at radius 3 is 2.89 bits per heavy atom. The highest BCUT2D eigenvalue weighted by Gasteiger charge is 1.78. The van der Waals surface area contributed by atoms with E-state index in [9.17, 15) is 0 Å². The van der Waals surface area contributed by atoms with Crippen molar-refractivity contribution in [2.45, 2.75) is 19.3 Å². The van der Waals surface area contributed by atoms with Gasteiger partial charge in [-0.2, -0.15) is 0 Å². The molecule has 0 atom stereocenters. The minimum absolute atomic E-state index is 0.963. The molecule has 0 N–H and O–H groups in total. The van der Waals surface area contributed by atoms with Crippen molar-refractivity contribution in [2.75, 3.05) is 0 Å². The zero-order valence-corrected chi connectivity index (χ0v) is 5.51. The lowest BCUT2D eigenvalue weighted by molar-refractivity contribution is 1.04. The van der Waals surface area contributed by atoms with Crippen molar-refractivity contribution in [1.29, 1.82) is 0 Å². The van der Waals surface area contributed by atoms with E-state index in [1.54, 1.807) is 0 Å². The van der Waals surface area contributed by atoms with Crippen molar-refractivity contribution >= 4 is 0 Å². The van der Waals surface area contributed by atoms with Gasteiger partial charge in [-0.15, -0.1) is 0 Å². The third-order valence-corrected chi connectivity index (χ3v) is 1.24. The van der Waals surface area contributed by atoms with Crippen LogP contribution in [0.5, 0.6) is 0 Å². The molecule has 0 aromatic rings. The maximum Gasteiger partial charge on any atom is -0.00948 e. The third kappa shape index (κ3) is 2.91. The third-order valence-electron chi connectivity index (χ3n) is 1.24. The fraction of sp³-hybridized carbons (Fsp3) is 0.333. The van der Waals surface area contributed by atoms with Gasteiger partial charge in [0, 0.05) is 0 Å². The summed E-state index contributed by atoms with van der Waals surface area (Å²) < 4.78 is 0. The molecule has 0 fully saturated rings. The van der Waals surface area contributed by atoms with Crippen molar-refractivity contribution < 1.29 is 0 Å². The van der Waals surface area contributed by atoms with E-state index in [0.717, 1.165) is 19.3 Å². The molecule has 1 rings (SSSR count). The molecule has 0 aromatic carbocycles. The minimum Gasteiger partial charge on any atom is -0.0842 e. The van der Waals surface area contributed by atoms with E-state index in [2.05, 4.69) is 36.5 Å². The van der Waals surface area contributed by atoms with Gasteiger partial charge in [0.2, 0.25) is 0 Å². The first kappa shape index (κ1) is 6.34. The number of hydrogen-bond donors (Lipinski definition) is 0. The predicted molar refractivity (Wildman–Crippen MR) is 39.9 cm³/mol. The summed E-state index contributed by atoms with van der Waals surface area (Å²) in [6.45, 7) is 0. The van der Waals surface area contributed by atoms with Crippen LogP contribution < -0.4 is 0 Å². The van der Waals surface area contributed by atoms with E-state index >= 15 is 0 Å². The van der Waals surface area contributed by atoms with Crippen LogP contribution in [0, 0.1) is 6.08 Å². The van der Waals surface area contributed by atoms with Gasteiger partial charge >= 0.3 is 0 Å². The summed E-state index contributed by atoms with van der Waals surface area (Å²) in [6.07, 6.45) is 17.0. The Kier molecular flexibility index (Phi) is 2.91. The van der Waals surface area contributed by atoms with E-state index in [4.69, 9.17) is 0 Å². The van der Waals surface area contributed by atoms with E-state index < -0.39 is 0 Å². The molecule has 1 aliphatic carbocycles. The van der Waals surface area contributed by atoms with Crippen LogP contribution in [-0.4, -0.2) is 0 Å². The fourth-order valence-electron chi connectivity index (χ4n) is 0.754. The molecule has 1 radical (unpaired) electrons. The monoisotopic (exact) mass is 119 g/mol. The van der Waals surface area contributed by atoms with Gasteiger partial charge < -0.3 is 0 Å². The highest BCUT2D eigenvalue weighted by Crippen LogP contribution is 1.97. The first-order valence-corrected chi connectivity index (χ1v) is 3.37. The number of allylic oxidation sites excluding steroid dienone is 6. The normalized spacial score (nSPS) is 29.3. The first-order chi connectivity index (χ1) is 4.50. The lowest BCUT2D eigenvalue weighted by Crippen LogP contribution is -1.61. The predicted octanol–water partition coefficient (Wildman–Crippen LogP) is 2.64. The topological polar surface area (TPSA) is 0 Å². The van der Waals surface area contributed by atoms with Crippen LogP contribution in [-0.2, 0) is 0 Å². The van der Waals surface area contributed by atoms with Gasteiger partial charge in [0.05, 0.1) is 0 Å². The Hall–Kier alpha value is -0.780. The molecule has 0 spiro atoms. The van der Waals surface area contributed by atoms with Crippen LogP contribution in [0.3, 0.4) is 0 Å². The minimum atomic E-state index is 0.963. The van der Waals surface area contributed by atoms with Gasteiger partial charge in [-0.25, -0.2) is 0 Å². The zero-order valence-electron chi connectivity index (χ0n) is 5.51. The van der Waals surface area contributed by atoms with Crippen molar-refractivity contribution in [3.05, 3.63) is 36.5 Å². The van der Waals surface area contributed by atoms with Crippen LogP contribution in [0.2, 0.25) is 0 Å². The van der Waals surface area contributed by atoms with Gasteiger partial charge in [-0.3, -0.25) is 0 Å². The SMILES string of the molecule is [C]1=C\CC/C=C\C=C/C/1. The zero-order chi connectivity index (χ0) is 6.36. The molecular formula is C9H11. The number of rotatable bonds is 0. The number of hydrogen-bond acceptors (Lipinski definition) is 0. The standard InChI is InChI=1S/C9H11/c1-2-4-6-8-9-7-5-3-1/h1-4,9H,5-7H2/b3-1-,4-2-,9-8?. The smallest absolute Gasteiger partial charge is 0.00948 e. The molecule has 9 heavy (non-hydrogen) atoms. The molecule has 0 heterocycles. The Morgan fingerprint density at radius 2 is 1.89 bits per heavy atom. The van der Waals surface area contributed by atoms with Crippen LogP contribution in [0.25, 0.3) is 0 Å². The Labute approximate surface area is 56.6 Å². The molecular weight excluding hydrogens is 108 g/mol. The van der Waals surface area contributed by atoms with Crippen LogP contribution in [0.15, 0.2) is 30.4 Å². The first-order valence-electron chi connectivity index (χ1n) is 3.37. The quantitative estimate of drug-likeness (QED) is 0.460. The molecule has 0 aliphatic heterocycles. The molecule has 47 valence electrons. The molecule has 0 saturated carbocycles. The average Bonchev–Trinajstić information content (AvgIpc) is 2.00. The van der Waals surface area contributed by atoms with E-state index in [0.29, 0.717) is 0 Å². The molecule has 0 nitrogen and oxygen atoms in total. The second-order valence-corrected chi connectivity index (χ2v) is 2.05. The molecule has 0 heteroatoms. The molecule has 0 saturated heterocycles. The lowest BCUT2D eigenvalue weighted by Gasteiger charge is -1.80. The molecule has 0 amide bonds. The Morgan fingerprint density at radius 1 is 1.00 bits per heavy atom. The van der Waals surface area contributed by atoms with E-state index in [-0.39, 0.29) is 0 Å². The lowest BCUT2D eigenvalue weighted by atomic mass is 10.3. The summed E-state index contributed by atoms with van der Waals surface area (Å²) in [5.74, 6) is 0. The van der Waals surface area contributed by atoms with Crippen molar-refractivity contribution in [3.8, 4) is 0 Å². The van der Waals surface area contributed by atoms with Crippen molar-refractivity contribution in [1.82, 2.24) is 0 Å². The van der Waals surface area contributed by atoms with Gasteiger partial charge in [0.1, 0.15) is 0 Å². The maximum absolute atomic E-state index is 3.18. The average molecular weight is 119 g/mol. The summed E-state index contributed by atoms with van der Waals surface area (Å²) in [5, 5.41) is 0. The van der Waals surface area contributed by atoms with Crippen molar-refractivity contribution in [3.63, 3.8) is 0 Å². The molecule has 1 aliphatic rings. The second kappa shape index (κ2) is 4.13. The van der Waals surface area contributed by atoms with Crippen LogP contribution in [0.1, 0.15) is 19.3 Å². The molecule has 0 aromatic heterocycles. The summed E-state index contributed by atoms with van der Waals surface area (Å²) >= 11 is 0. The largest absolute Gasteiger partial charge is 0.0842 e. The molecule has 0 bridgehead atoms. The van der Waals surface area contributed by atoms with E-state index in [1.165, 1.54) is 0 Å². The fourth-order valence-corrected chi connectivity index (χ4v) is 0.754. The Balaban J connectivity index is 2.43. The molecule has 0 unspecified atom stereocenters. The van der Waals surface area contributed by atoms with Gasteiger partial charge in [0.15, 0.2) is 0 Å². The summed E-state index contributed by atoms with van der Waals surface area (Å²) in [4.78, 5) is 0. The van der Waals surface area contributed by atoms with Crippen molar-refractivity contribution in [2.24, 2.45) is 0 Å². The summed E-state index contributed by atoms with van der Waals surface area (Å²) in [6, 6.07) is 0.